The Hall–Kier alpha value is -3.40. The summed E-state index contributed by atoms with van der Waals surface area (Å²) in [7, 11) is 1.67. The van der Waals surface area contributed by atoms with Crippen molar-refractivity contribution < 1.29 is 4.74 Å². The summed E-state index contributed by atoms with van der Waals surface area (Å²) in [6, 6.07) is 16.1. The predicted molar refractivity (Wildman–Crippen MR) is 101 cm³/mol. The van der Waals surface area contributed by atoms with Gasteiger partial charge in [0.05, 0.1) is 18.8 Å². The molecule has 0 unspecified atom stereocenters. The highest BCUT2D eigenvalue weighted by molar-refractivity contribution is 5.80. The predicted octanol–water partition coefficient (Wildman–Crippen LogP) is 4.60. The van der Waals surface area contributed by atoms with Gasteiger partial charge in [-0.2, -0.15) is 0 Å². The summed E-state index contributed by atoms with van der Waals surface area (Å²) in [5, 5.41) is 1.15. The fraction of sp³-hybridized carbons (Fsp3) is 0.0476. The third-order valence-corrected chi connectivity index (χ3v) is 4.10. The van der Waals surface area contributed by atoms with E-state index in [-0.39, 0.29) is 0 Å². The third kappa shape index (κ3) is 3.15. The average Bonchev–Trinajstić information content (AvgIpc) is 3.11. The fourth-order valence-electron chi connectivity index (χ4n) is 2.72. The quantitative estimate of drug-likeness (QED) is 0.550. The van der Waals surface area contributed by atoms with Crippen molar-refractivity contribution in [3.05, 3.63) is 84.4 Å². The first-order valence-electron chi connectivity index (χ1n) is 8.03. The zero-order chi connectivity index (χ0) is 17.1. The number of benzene rings is 1. The summed E-state index contributed by atoms with van der Waals surface area (Å²) in [5.41, 5.74) is 3.22. The summed E-state index contributed by atoms with van der Waals surface area (Å²) in [4.78, 5) is 8.77. The Labute approximate surface area is 146 Å². The van der Waals surface area contributed by atoms with Gasteiger partial charge in [0.25, 0.3) is 0 Å². The summed E-state index contributed by atoms with van der Waals surface area (Å²) in [6.45, 7) is 0. The zero-order valence-corrected chi connectivity index (χ0v) is 13.8. The molecule has 0 radical (unpaired) electrons. The van der Waals surface area contributed by atoms with Gasteiger partial charge in [0.15, 0.2) is 0 Å². The molecule has 25 heavy (non-hydrogen) atoms. The molecule has 4 nitrogen and oxygen atoms in total. The Morgan fingerprint density at radius 1 is 0.880 bits per heavy atom. The van der Waals surface area contributed by atoms with E-state index < -0.39 is 0 Å². The molecule has 3 aromatic heterocycles. The maximum absolute atomic E-state index is 5.17. The number of pyridine rings is 2. The van der Waals surface area contributed by atoms with Gasteiger partial charge in [0, 0.05) is 24.0 Å². The zero-order valence-electron chi connectivity index (χ0n) is 13.8. The van der Waals surface area contributed by atoms with Crippen LogP contribution in [0.2, 0.25) is 0 Å². The van der Waals surface area contributed by atoms with E-state index in [2.05, 4.69) is 28.2 Å². The van der Waals surface area contributed by atoms with E-state index in [1.165, 1.54) is 0 Å². The van der Waals surface area contributed by atoms with Gasteiger partial charge in [-0.05, 0) is 47.5 Å². The molecule has 0 spiro atoms. The summed E-state index contributed by atoms with van der Waals surface area (Å²) in [6.07, 6.45) is 11.7. The Bertz CT molecular complexity index is 1020. The lowest BCUT2D eigenvalue weighted by Gasteiger charge is -2.04. The SMILES string of the molecule is COc1ccc(/C=C/c2ccc(-n3ccc4ccncc43)nc2)cc1. The van der Waals surface area contributed by atoms with Crippen LogP contribution in [0.1, 0.15) is 11.1 Å². The first-order valence-corrected chi connectivity index (χ1v) is 8.03. The first kappa shape index (κ1) is 15.1. The first-order chi connectivity index (χ1) is 12.3. The highest BCUT2D eigenvalue weighted by Gasteiger charge is 2.03. The molecule has 0 saturated carbocycles. The molecule has 0 bridgehead atoms. The minimum absolute atomic E-state index is 0.858. The molecule has 0 aliphatic carbocycles. The number of hydrogen-bond donors (Lipinski definition) is 0. The van der Waals surface area contributed by atoms with Crippen LogP contribution in [0.25, 0.3) is 28.9 Å². The van der Waals surface area contributed by atoms with Gasteiger partial charge in [0.1, 0.15) is 11.6 Å². The van der Waals surface area contributed by atoms with Crippen molar-refractivity contribution in [2.45, 2.75) is 0 Å². The molecule has 0 fully saturated rings. The molecular formula is C21H17N3O. The molecule has 0 aliphatic heterocycles. The van der Waals surface area contributed by atoms with Crippen LogP contribution in [-0.4, -0.2) is 21.6 Å². The van der Waals surface area contributed by atoms with E-state index in [4.69, 9.17) is 4.74 Å². The molecule has 3 heterocycles. The number of nitrogens with zero attached hydrogens (tertiary/aromatic N) is 3. The Morgan fingerprint density at radius 3 is 2.44 bits per heavy atom. The largest absolute Gasteiger partial charge is 0.497 e. The van der Waals surface area contributed by atoms with Crippen LogP contribution >= 0.6 is 0 Å². The topological polar surface area (TPSA) is 39.9 Å². The van der Waals surface area contributed by atoms with Crippen molar-refractivity contribution >= 4 is 23.1 Å². The molecule has 0 N–H and O–H groups in total. The van der Waals surface area contributed by atoms with E-state index in [0.29, 0.717) is 0 Å². The Kier molecular flexibility index (Phi) is 4.01. The molecule has 0 aliphatic rings. The summed E-state index contributed by atoms with van der Waals surface area (Å²) in [5.74, 6) is 1.74. The summed E-state index contributed by atoms with van der Waals surface area (Å²) < 4.78 is 7.21. The molecule has 1 aromatic carbocycles. The summed E-state index contributed by atoms with van der Waals surface area (Å²) >= 11 is 0. The Balaban J connectivity index is 1.56. The highest BCUT2D eigenvalue weighted by Crippen LogP contribution is 2.19. The lowest BCUT2D eigenvalue weighted by Crippen LogP contribution is -1.95. The van der Waals surface area contributed by atoms with Crippen molar-refractivity contribution in [3.8, 4) is 11.6 Å². The number of ether oxygens (including phenoxy) is 1. The third-order valence-electron chi connectivity index (χ3n) is 4.10. The van der Waals surface area contributed by atoms with E-state index in [1.807, 2.05) is 65.6 Å². The van der Waals surface area contributed by atoms with Gasteiger partial charge in [-0.15, -0.1) is 0 Å². The smallest absolute Gasteiger partial charge is 0.137 e. The Morgan fingerprint density at radius 2 is 1.68 bits per heavy atom. The van der Waals surface area contributed by atoms with Gasteiger partial charge < -0.3 is 4.74 Å². The van der Waals surface area contributed by atoms with E-state index in [0.717, 1.165) is 33.6 Å². The second-order valence-corrected chi connectivity index (χ2v) is 5.68. The highest BCUT2D eigenvalue weighted by atomic mass is 16.5. The van der Waals surface area contributed by atoms with E-state index in [1.54, 1.807) is 13.3 Å². The molecular weight excluding hydrogens is 310 g/mol. The molecule has 0 saturated heterocycles. The van der Waals surface area contributed by atoms with E-state index in [9.17, 15) is 0 Å². The maximum Gasteiger partial charge on any atom is 0.137 e. The van der Waals surface area contributed by atoms with Crippen LogP contribution in [0.15, 0.2) is 73.3 Å². The molecule has 4 aromatic rings. The van der Waals surface area contributed by atoms with Crippen LogP contribution in [0.5, 0.6) is 5.75 Å². The lowest BCUT2D eigenvalue weighted by atomic mass is 10.1. The van der Waals surface area contributed by atoms with Crippen molar-refractivity contribution in [2.24, 2.45) is 0 Å². The average molecular weight is 327 g/mol. The van der Waals surface area contributed by atoms with Crippen LogP contribution in [-0.2, 0) is 0 Å². The van der Waals surface area contributed by atoms with E-state index >= 15 is 0 Å². The van der Waals surface area contributed by atoms with Crippen molar-refractivity contribution in [2.75, 3.05) is 7.11 Å². The van der Waals surface area contributed by atoms with Crippen LogP contribution in [0, 0.1) is 0 Å². The fourth-order valence-corrected chi connectivity index (χ4v) is 2.72. The molecule has 0 amide bonds. The van der Waals surface area contributed by atoms with Crippen molar-refractivity contribution in [3.63, 3.8) is 0 Å². The minimum Gasteiger partial charge on any atom is -0.497 e. The van der Waals surface area contributed by atoms with Crippen molar-refractivity contribution in [1.29, 1.82) is 0 Å². The number of rotatable bonds is 4. The number of hydrogen-bond acceptors (Lipinski definition) is 3. The van der Waals surface area contributed by atoms with Crippen LogP contribution < -0.4 is 4.74 Å². The number of fused-ring (bicyclic) bond motifs is 1. The number of methoxy groups -OCH3 is 1. The number of aromatic nitrogens is 3. The van der Waals surface area contributed by atoms with Gasteiger partial charge >= 0.3 is 0 Å². The standard InChI is InChI=1S/C21H17N3O/c1-25-19-7-4-16(5-8-19)2-3-17-6-9-21(23-14-17)24-13-11-18-10-12-22-15-20(18)24/h2-15H,1H3/b3-2+. The van der Waals surface area contributed by atoms with Gasteiger partial charge in [-0.3, -0.25) is 9.55 Å². The van der Waals surface area contributed by atoms with Crippen molar-refractivity contribution in [1.82, 2.24) is 14.5 Å². The minimum atomic E-state index is 0.858. The normalized spacial score (nSPS) is 11.2. The lowest BCUT2D eigenvalue weighted by molar-refractivity contribution is 0.415. The van der Waals surface area contributed by atoms with Gasteiger partial charge in [-0.1, -0.05) is 24.3 Å². The molecule has 4 rings (SSSR count). The second-order valence-electron chi connectivity index (χ2n) is 5.68. The van der Waals surface area contributed by atoms with Crippen LogP contribution in [0.3, 0.4) is 0 Å². The second kappa shape index (κ2) is 6.61. The maximum atomic E-state index is 5.17. The van der Waals surface area contributed by atoms with Gasteiger partial charge in [0.2, 0.25) is 0 Å². The monoisotopic (exact) mass is 327 g/mol. The van der Waals surface area contributed by atoms with Crippen LogP contribution in [0.4, 0.5) is 0 Å². The molecule has 0 atom stereocenters. The van der Waals surface area contributed by atoms with Gasteiger partial charge in [-0.25, -0.2) is 4.98 Å². The molecule has 4 heteroatoms. The molecule has 122 valence electrons.